The number of carbonyl (C=O) groups is 1. The topological polar surface area (TPSA) is 17.1 Å². The van der Waals surface area contributed by atoms with Gasteiger partial charge >= 0.3 is 6.04 Å². The molecule has 0 saturated carbocycles. The Labute approximate surface area is 50.2 Å². The Morgan fingerprint density at radius 2 is 2.00 bits per heavy atom. The van der Waals surface area contributed by atoms with Crippen LogP contribution in [0.5, 0.6) is 0 Å². The van der Waals surface area contributed by atoms with Crippen LogP contribution in [0.4, 0.5) is 13.2 Å². The first kappa shape index (κ1) is 8.20. The van der Waals surface area contributed by atoms with Gasteiger partial charge in [0.15, 0.2) is 0 Å². The molecule has 1 nitrogen and oxygen atoms in total. The lowest BCUT2D eigenvalue weighted by Gasteiger charge is -1.92. The average molecular weight is 138 g/mol. The maximum absolute atomic E-state index is 11.4. The number of alkyl halides is 2. The molecule has 0 rings (SSSR count). The second-order valence-corrected chi connectivity index (χ2v) is 1.49. The van der Waals surface area contributed by atoms with Crippen molar-refractivity contribution in [1.82, 2.24) is 0 Å². The van der Waals surface area contributed by atoms with Crippen molar-refractivity contribution in [3.63, 3.8) is 0 Å². The summed E-state index contributed by atoms with van der Waals surface area (Å²) in [5, 5.41) is 0. The molecule has 0 aromatic carbocycles. The van der Waals surface area contributed by atoms with Crippen LogP contribution in [0.1, 0.15) is 6.92 Å². The van der Waals surface area contributed by atoms with Crippen LogP contribution in [0.25, 0.3) is 0 Å². The fraction of sp³-hybridized carbons (Fsp3) is 0.400. The standard InChI is InChI=1S/C5H5F3O/c1-3(5(7)8)2-4(6)9/h2,5H,1H3/b3-2+. The summed E-state index contributed by atoms with van der Waals surface area (Å²) < 4.78 is 34.1. The van der Waals surface area contributed by atoms with Crippen molar-refractivity contribution in [3.05, 3.63) is 11.6 Å². The average Bonchev–Trinajstić information content (AvgIpc) is 1.63. The molecule has 0 heterocycles. The second-order valence-electron chi connectivity index (χ2n) is 1.49. The van der Waals surface area contributed by atoms with Gasteiger partial charge in [-0.25, -0.2) is 8.78 Å². The van der Waals surface area contributed by atoms with Gasteiger partial charge in [0.25, 0.3) is 6.43 Å². The summed E-state index contributed by atoms with van der Waals surface area (Å²) >= 11 is 0. The van der Waals surface area contributed by atoms with E-state index in [1.807, 2.05) is 0 Å². The SMILES string of the molecule is C/C(=C\C(=O)F)C(F)F. The fourth-order valence-corrected chi connectivity index (χ4v) is 0.242. The predicted octanol–water partition coefficient (Wildman–Crippen LogP) is 1.69. The first-order valence-corrected chi connectivity index (χ1v) is 2.20. The van der Waals surface area contributed by atoms with Crippen molar-refractivity contribution in [1.29, 1.82) is 0 Å². The third kappa shape index (κ3) is 3.76. The van der Waals surface area contributed by atoms with Crippen LogP contribution in [-0.4, -0.2) is 12.5 Å². The summed E-state index contributed by atoms with van der Waals surface area (Å²) in [6.45, 7) is 0.988. The summed E-state index contributed by atoms with van der Waals surface area (Å²) in [6.07, 6.45) is -2.48. The van der Waals surface area contributed by atoms with Crippen molar-refractivity contribution in [2.45, 2.75) is 13.3 Å². The van der Waals surface area contributed by atoms with Crippen LogP contribution in [0.15, 0.2) is 11.6 Å². The zero-order valence-corrected chi connectivity index (χ0v) is 4.70. The summed E-state index contributed by atoms with van der Waals surface area (Å²) in [5.74, 6) is 0. The van der Waals surface area contributed by atoms with Gasteiger partial charge in [0.1, 0.15) is 0 Å². The number of rotatable bonds is 2. The van der Waals surface area contributed by atoms with Crippen LogP contribution in [0.2, 0.25) is 0 Å². The van der Waals surface area contributed by atoms with Crippen LogP contribution in [-0.2, 0) is 4.79 Å². The van der Waals surface area contributed by atoms with Gasteiger partial charge in [-0.05, 0) is 12.5 Å². The highest BCUT2D eigenvalue weighted by Crippen LogP contribution is 2.06. The molecule has 0 aromatic rings. The lowest BCUT2D eigenvalue weighted by Crippen LogP contribution is -1.94. The van der Waals surface area contributed by atoms with Crippen LogP contribution >= 0.6 is 0 Å². The third-order valence-corrected chi connectivity index (χ3v) is 0.685. The number of allylic oxidation sites excluding steroid dienone is 2. The van der Waals surface area contributed by atoms with E-state index >= 15 is 0 Å². The minimum absolute atomic E-state index is 0.269. The van der Waals surface area contributed by atoms with E-state index in [1.54, 1.807) is 0 Å². The van der Waals surface area contributed by atoms with Crippen molar-refractivity contribution in [3.8, 4) is 0 Å². The summed E-state index contributed by atoms with van der Waals surface area (Å²) in [7, 11) is 0. The van der Waals surface area contributed by atoms with Crippen molar-refractivity contribution < 1.29 is 18.0 Å². The van der Waals surface area contributed by atoms with Gasteiger partial charge in [-0.1, -0.05) is 0 Å². The van der Waals surface area contributed by atoms with E-state index in [-0.39, 0.29) is 6.08 Å². The Morgan fingerprint density at radius 1 is 1.56 bits per heavy atom. The number of hydrogen-bond donors (Lipinski definition) is 0. The molecule has 0 atom stereocenters. The van der Waals surface area contributed by atoms with Gasteiger partial charge in [-0.2, -0.15) is 4.39 Å². The summed E-state index contributed by atoms with van der Waals surface area (Å²) in [5.41, 5.74) is -0.553. The molecule has 0 unspecified atom stereocenters. The molecule has 0 aliphatic heterocycles. The molecule has 4 heteroatoms. The normalized spacial score (nSPS) is 12.3. The molecule has 9 heavy (non-hydrogen) atoms. The molecule has 0 radical (unpaired) electrons. The molecule has 0 aliphatic carbocycles. The molecule has 0 saturated heterocycles. The molecular formula is C5H5F3O. The monoisotopic (exact) mass is 138 g/mol. The molecular weight excluding hydrogens is 133 g/mol. The van der Waals surface area contributed by atoms with Gasteiger partial charge in [-0.15, -0.1) is 0 Å². The van der Waals surface area contributed by atoms with Gasteiger partial charge in [0.05, 0.1) is 0 Å². The van der Waals surface area contributed by atoms with Crippen molar-refractivity contribution in [2.75, 3.05) is 0 Å². The van der Waals surface area contributed by atoms with Crippen molar-refractivity contribution in [2.24, 2.45) is 0 Å². The Kier molecular flexibility index (Phi) is 2.98. The lowest BCUT2D eigenvalue weighted by molar-refractivity contribution is -0.124. The van der Waals surface area contributed by atoms with E-state index in [0.717, 1.165) is 6.92 Å². The molecule has 0 bridgehead atoms. The first-order chi connectivity index (χ1) is 4.04. The zero-order valence-electron chi connectivity index (χ0n) is 4.70. The molecule has 0 spiro atoms. The molecule has 0 aliphatic rings. The first-order valence-electron chi connectivity index (χ1n) is 2.20. The van der Waals surface area contributed by atoms with Gasteiger partial charge in [-0.3, -0.25) is 4.79 Å². The largest absolute Gasteiger partial charge is 0.325 e. The van der Waals surface area contributed by atoms with Gasteiger partial charge in [0, 0.05) is 6.08 Å². The Balaban J connectivity index is 4.00. The van der Waals surface area contributed by atoms with E-state index in [0.29, 0.717) is 0 Å². The van der Waals surface area contributed by atoms with Gasteiger partial charge < -0.3 is 0 Å². The minimum atomic E-state index is -2.75. The van der Waals surface area contributed by atoms with E-state index in [1.165, 1.54) is 0 Å². The van der Waals surface area contributed by atoms with Crippen LogP contribution < -0.4 is 0 Å². The second kappa shape index (κ2) is 3.27. The molecule has 0 amide bonds. The number of hydrogen-bond acceptors (Lipinski definition) is 1. The highest BCUT2D eigenvalue weighted by atomic mass is 19.3. The molecule has 52 valence electrons. The van der Waals surface area contributed by atoms with E-state index in [9.17, 15) is 18.0 Å². The third-order valence-electron chi connectivity index (χ3n) is 0.685. The van der Waals surface area contributed by atoms with Gasteiger partial charge in [0.2, 0.25) is 0 Å². The van der Waals surface area contributed by atoms with E-state index in [2.05, 4.69) is 0 Å². The maximum atomic E-state index is 11.4. The zero-order chi connectivity index (χ0) is 7.44. The summed E-state index contributed by atoms with van der Waals surface area (Å²) in [4.78, 5) is 9.48. The van der Waals surface area contributed by atoms with E-state index < -0.39 is 18.0 Å². The molecule has 0 N–H and O–H groups in total. The van der Waals surface area contributed by atoms with Crippen LogP contribution in [0, 0.1) is 0 Å². The smallest absolute Gasteiger partial charge is 0.256 e. The Bertz CT molecular complexity index is 139. The maximum Gasteiger partial charge on any atom is 0.325 e. The minimum Gasteiger partial charge on any atom is -0.256 e. The number of halogens is 3. The summed E-state index contributed by atoms with van der Waals surface area (Å²) in [6, 6.07) is -1.84. The highest BCUT2D eigenvalue weighted by Gasteiger charge is 2.05. The number of carbonyl (C=O) groups excluding carboxylic acids is 1. The lowest BCUT2D eigenvalue weighted by atomic mass is 10.3. The van der Waals surface area contributed by atoms with E-state index in [4.69, 9.17) is 0 Å². The fourth-order valence-electron chi connectivity index (χ4n) is 0.242. The molecule has 0 fully saturated rings. The Hall–Kier alpha value is -0.800. The van der Waals surface area contributed by atoms with Crippen molar-refractivity contribution >= 4 is 6.04 Å². The Morgan fingerprint density at radius 3 is 2.11 bits per heavy atom. The quantitative estimate of drug-likeness (QED) is 0.419. The molecule has 0 aromatic heterocycles. The highest BCUT2D eigenvalue weighted by molar-refractivity contribution is 5.81. The predicted molar refractivity (Wildman–Crippen MR) is 25.9 cm³/mol. The van der Waals surface area contributed by atoms with Crippen LogP contribution in [0.3, 0.4) is 0 Å².